The molecule has 0 unspecified atom stereocenters. The number of benzene rings is 1. The molecular weight excluding hydrogens is 364 g/mol. The van der Waals surface area contributed by atoms with Gasteiger partial charge < -0.3 is 9.47 Å². The highest BCUT2D eigenvalue weighted by Crippen LogP contribution is 2.21. The van der Waals surface area contributed by atoms with Crippen molar-refractivity contribution in [2.75, 3.05) is 32.7 Å². The van der Waals surface area contributed by atoms with E-state index >= 15 is 0 Å². The summed E-state index contributed by atoms with van der Waals surface area (Å²) in [7, 11) is -0.900. The maximum absolute atomic E-state index is 12.9. The van der Waals surface area contributed by atoms with E-state index in [0.29, 0.717) is 12.3 Å². The van der Waals surface area contributed by atoms with Gasteiger partial charge in [0, 0.05) is 25.9 Å². The second kappa shape index (κ2) is 8.95. The fourth-order valence-corrected chi connectivity index (χ4v) is 4.16. The first kappa shape index (κ1) is 19.4. The van der Waals surface area contributed by atoms with Crippen molar-refractivity contribution in [3.05, 3.63) is 46.7 Å². The smallest absolute Gasteiger partial charge is 0.411 e. The van der Waals surface area contributed by atoms with Crippen molar-refractivity contribution in [3.8, 4) is 0 Å². The second-order valence-electron chi connectivity index (χ2n) is 5.10. The summed E-state index contributed by atoms with van der Waals surface area (Å²) in [5, 5.41) is 6.30. The normalized spacial score (nSPS) is 11.5. The minimum absolute atomic E-state index is 0.147. The molecule has 0 saturated carbocycles. The molecule has 9 heteroatoms. The molecule has 0 spiro atoms. The summed E-state index contributed by atoms with van der Waals surface area (Å²) in [5.74, 6) is 0. The lowest BCUT2D eigenvalue weighted by atomic mass is 10.3. The quantitative estimate of drug-likeness (QED) is 0.756. The lowest BCUT2D eigenvalue weighted by Gasteiger charge is -2.21. The van der Waals surface area contributed by atoms with E-state index in [1.807, 2.05) is 16.8 Å². The number of rotatable bonds is 8. The SMILES string of the molecule is COCCN(Cc1ccsc1)S(=O)(=O)c1ccc(NC(=O)OC)cc1. The van der Waals surface area contributed by atoms with Crippen molar-refractivity contribution in [2.24, 2.45) is 0 Å². The minimum Gasteiger partial charge on any atom is -0.453 e. The van der Waals surface area contributed by atoms with E-state index in [1.165, 1.54) is 54.1 Å². The summed E-state index contributed by atoms with van der Waals surface area (Å²) in [6, 6.07) is 7.83. The van der Waals surface area contributed by atoms with Gasteiger partial charge in [-0.2, -0.15) is 15.6 Å². The van der Waals surface area contributed by atoms with Crippen LogP contribution in [0.3, 0.4) is 0 Å². The molecule has 0 radical (unpaired) electrons. The van der Waals surface area contributed by atoms with Gasteiger partial charge in [0.15, 0.2) is 0 Å². The molecule has 0 aliphatic heterocycles. The molecular formula is C16H20N2O5S2. The first-order valence-electron chi connectivity index (χ1n) is 7.42. The fraction of sp³-hybridized carbons (Fsp3) is 0.312. The molecule has 0 atom stereocenters. The average Bonchev–Trinajstić information content (AvgIpc) is 3.12. The van der Waals surface area contributed by atoms with Crippen molar-refractivity contribution in [1.82, 2.24) is 4.31 Å². The summed E-state index contributed by atoms with van der Waals surface area (Å²) in [4.78, 5) is 11.3. The standard InChI is InChI=1S/C16H20N2O5S2/c1-22-9-8-18(11-13-7-10-24-12-13)25(20,21)15-5-3-14(4-6-15)17-16(19)23-2/h3-7,10,12H,8-9,11H2,1-2H3,(H,17,19). The number of amides is 1. The first-order chi connectivity index (χ1) is 12.0. The summed E-state index contributed by atoms with van der Waals surface area (Å²) in [5.41, 5.74) is 1.38. The third kappa shape index (κ3) is 5.27. The number of anilines is 1. The maximum atomic E-state index is 12.9. The molecule has 7 nitrogen and oxygen atoms in total. The zero-order valence-corrected chi connectivity index (χ0v) is 15.6. The van der Waals surface area contributed by atoms with E-state index in [9.17, 15) is 13.2 Å². The number of carbonyl (C=O) groups is 1. The molecule has 25 heavy (non-hydrogen) atoms. The van der Waals surface area contributed by atoms with Crippen LogP contribution in [0.4, 0.5) is 10.5 Å². The van der Waals surface area contributed by atoms with Gasteiger partial charge in [-0.25, -0.2) is 13.2 Å². The number of nitrogens with zero attached hydrogens (tertiary/aromatic N) is 1. The number of methoxy groups -OCH3 is 2. The predicted molar refractivity (Wildman–Crippen MR) is 96.3 cm³/mol. The van der Waals surface area contributed by atoms with Gasteiger partial charge in [-0.05, 0) is 46.7 Å². The van der Waals surface area contributed by atoms with Gasteiger partial charge in [0.1, 0.15) is 0 Å². The number of hydrogen-bond donors (Lipinski definition) is 1. The van der Waals surface area contributed by atoms with Crippen LogP contribution in [-0.4, -0.2) is 46.2 Å². The van der Waals surface area contributed by atoms with Crippen LogP contribution < -0.4 is 5.32 Å². The topological polar surface area (TPSA) is 84.9 Å². The summed E-state index contributed by atoms with van der Waals surface area (Å²) < 4.78 is 36.7. The molecule has 0 bridgehead atoms. The number of hydrogen-bond acceptors (Lipinski definition) is 6. The van der Waals surface area contributed by atoms with E-state index in [2.05, 4.69) is 10.1 Å². The molecule has 0 aliphatic rings. The van der Waals surface area contributed by atoms with Crippen LogP contribution in [0.1, 0.15) is 5.56 Å². The Bertz CT molecular complexity index is 773. The lowest BCUT2D eigenvalue weighted by Crippen LogP contribution is -2.33. The predicted octanol–water partition coefficient (Wildman–Crippen LogP) is 2.76. The highest BCUT2D eigenvalue weighted by atomic mass is 32.2. The Morgan fingerprint density at radius 2 is 1.92 bits per heavy atom. The van der Waals surface area contributed by atoms with Crippen molar-refractivity contribution < 1.29 is 22.7 Å². The summed E-state index contributed by atoms with van der Waals surface area (Å²) in [6.45, 7) is 0.819. The van der Waals surface area contributed by atoms with Gasteiger partial charge in [0.05, 0.1) is 18.6 Å². The molecule has 2 rings (SSSR count). The zero-order valence-electron chi connectivity index (χ0n) is 14.0. The van der Waals surface area contributed by atoms with E-state index in [4.69, 9.17) is 4.74 Å². The molecule has 2 aromatic rings. The Hall–Kier alpha value is -1.94. The molecule has 0 aliphatic carbocycles. The Morgan fingerprint density at radius 1 is 1.20 bits per heavy atom. The monoisotopic (exact) mass is 384 g/mol. The maximum Gasteiger partial charge on any atom is 0.411 e. The van der Waals surface area contributed by atoms with Gasteiger partial charge >= 0.3 is 6.09 Å². The largest absolute Gasteiger partial charge is 0.453 e. The molecule has 1 amide bonds. The Labute approximate surface area is 151 Å². The summed E-state index contributed by atoms with van der Waals surface area (Å²) in [6.07, 6.45) is -0.616. The van der Waals surface area contributed by atoms with Gasteiger partial charge in [-0.1, -0.05) is 0 Å². The van der Waals surface area contributed by atoms with E-state index < -0.39 is 16.1 Å². The van der Waals surface area contributed by atoms with Crippen LogP contribution in [0.25, 0.3) is 0 Å². The van der Waals surface area contributed by atoms with Gasteiger partial charge in [0.25, 0.3) is 0 Å². The lowest BCUT2D eigenvalue weighted by molar-refractivity contribution is 0.177. The zero-order chi connectivity index (χ0) is 18.3. The number of thiophene rings is 1. The van der Waals surface area contributed by atoms with E-state index in [0.717, 1.165) is 5.56 Å². The molecule has 1 N–H and O–H groups in total. The molecule has 1 aromatic carbocycles. The van der Waals surface area contributed by atoms with Crippen LogP contribution in [0.5, 0.6) is 0 Å². The van der Waals surface area contributed by atoms with Crippen LogP contribution in [0.2, 0.25) is 0 Å². The Balaban J connectivity index is 2.21. The molecule has 0 fully saturated rings. The third-order valence-corrected chi connectivity index (χ3v) is 6.00. The minimum atomic E-state index is -3.69. The number of ether oxygens (including phenoxy) is 2. The van der Waals surface area contributed by atoms with Crippen molar-refractivity contribution in [1.29, 1.82) is 0 Å². The Kier molecular flexibility index (Phi) is 6.94. The van der Waals surface area contributed by atoms with Gasteiger partial charge in [0.2, 0.25) is 10.0 Å². The van der Waals surface area contributed by atoms with Crippen molar-refractivity contribution in [2.45, 2.75) is 11.4 Å². The summed E-state index contributed by atoms with van der Waals surface area (Å²) >= 11 is 1.52. The van der Waals surface area contributed by atoms with Crippen LogP contribution in [-0.2, 0) is 26.0 Å². The van der Waals surface area contributed by atoms with Crippen molar-refractivity contribution in [3.63, 3.8) is 0 Å². The third-order valence-electron chi connectivity index (χ3n) is 3.41. The highest BCUT2D eigenvalue weighted by molar-refractivity contribution is 7.89. The second-order valence-corrected chi connectivity index (χ2v) is 7.82. The first-order valence-corrected chi connectivity index (χ1v) is 9.81. The molecule has 1 heterocycles. The number of carbonyl (C=O) groups excluding carboxylic acids is 1. The number of sulfonamides is 1. The molecule has 136 valence electrons. The highest BCUT2D eigenvalue weighted by Gasteiger charge is 2.24. The van der Waals surface area contributed by atoms with Crippen LogP contribution >= 0.6 is 11.3 Å². The fourth-order valence-electron chi connectivity index (χ4n) is 2.09. The Morgan fingerprint density at radius 3 is 2.48 bits per heavy atom. The van der Waals surface area contributed by atoms with Crippen LogP contribution in [0, 0.1) is 0 Å². The van der Waals surface area contributed by atoms with Crippen molar-refractivity contribution >= 4 is 33.1 Å². The number of nitrogens with one attached hydrogen (secondary N) is 1. The van der Waals surface area contributed by atoms with Gasteiger partial charge in [-0.15, -0.1) is 0 Å². The van der Waals surface area contributed by atoms with Crippen LogP contribution in [0.15, 0.2) is 46.0 Å². The average molecular weight is 384 g/mol. The molecule has 0 saturated heterocycles. The molecule has 1 aromatic heterocycles. The van der Waals surface area contributed by atoms with E-state index in [-0.39, 0.29) is 18.0 Å². The van der Waals surface area contributed by atoms with E-state index in [1.54, 1.807) is 0 Å². The van der Waals surface area contributed by atoms with Gasteiger partial charge in [-0.3, -0.25) is 5.32 Å².